The Kier molecular flexibility index (Phi) is 64.0. The summed E-state index contributed by atoms with van der Waals surface area (Å²) in [4.78, 5) is 72.7. The molecular weight excluding hydrogens is 1250 g/mol. The number of hydrogen-bond donors (Lipinski definition) is 3. The van der Waals surface area contributed by atoms with E-state index in [1.807, 2.05) is 0 Å². The van der Waals surface area contributed by atoms with E-state index in [0.29, 0.717) is 31.6 Å². The molecule has 0 spiro atoms. The Labute approximate surface area is 581 Å². The molecule has 564 valence electrons. The average Bonchev–Trinajstić information content (AvgIpc) is 2.94. The lowest BCUT2D eigenvalue weighted by Gasteiger charge is -2.21. The minimum Gasteiger partial charge on any atom is -0.462 e. The first-order chi connectivity index (χ1) is 45.7. The standard InChI is InChI=1S/C76H148O17P2/c1-9-67(6)53-45-37-28-24-20-16-12-14-18-22-26-30-42-50-58-75(80)92-71(62-86-73(78)56-48-40-34-32-36-44-52-66(4)5)64-90-94(82,83)88-60-70(77)61-89-95(84,85)91-65-72(63-87-74(79)57-49-41-35-33-39-47-55-69(8)11-3)93-76(81)59-51-43-31-27-23-19-15-13-17-21-25-29-38-46-54-68(7)10-2/h66-72,77H,9-65H2,1-8H3,(H,82,83)(H,84,85)/t67?,68?,69?,70-,71+,72+/m0/s1. The lowest BCUT2D eigenvalue weighted by atomic mass is 9.99. The summed E-state index contributed by atoms with van der Waals surface area (Å²) in [5.41, 5.74) is 0. The van der Waals surface area contributed by atoms with Gasteiger partial charge in [-0.05, 0) is 49.4 Å². The topological polar surface area (TPSA) is 237 Å². The van der Waals surface area contributed by atoms with Crippen LogP contribution in [-0.4, -0.2) is 96.7 Å². The van der Waals surface area contributed by atoms with Gasteiger partial charge < -0.3 is 33.8 Å². The van der Waals surface area contributed by atoms with E-state index in [9.17, 15) is 43.2 Å². The van der Waals surface area contributed by atoms with Crippen molar-refractivity contribution < 1.29 is 80.2 Å². The number of aliphatic hydroxyl groups is 1. The second-order valence-electron chi connectivity index (χ2n) is 28.6. The van der Waals surface area contributed by atoms with E-state index in [4.69, 9.17) is 37.0 Å². The number of aliphatic hydroxyl groups excluding tert-OH is 1. The van der Waals surface area contributed by atoms with Crippen LogP contribution < -0.4 is 0 Å². The Morgan fingerprint density at radius 3 is 0.747 bits per heavy atom. The molecule has 17 nitrogen and oxygen atoms in total. The highest BCUT2D eigenvalue weighted by atomic mass is 31.2. The second-order valence-corrected chi connectivity index (χ2v) is 31.5. The maximum atomic E-state index is 13.1. The van der Waals surface area contributed by atoms with E-state index in [2.05, 4.69) is 55.4 Å². The molecule has 19 heteroatoms. The Bertz CT molecular complexity index is 1870. The Balaban J connectivity index is 5.20. The molecule has 0 bridgehead atoms. The third-order valence-electron chi connectivity index (χ3n) is 18.7. The monoisotopic (exact) mass is 1400 g/mol. The normalized spacial score (nSPS) is 15.0. The fourth-order valence-corrected chi connectivity index (χ4v) is 13.0. The molecule has 0 fully saturated rings. The van der Waals surface area contributed by atoms with Gasteiger partial charge in [0.25, 0.3) is 0 Å². The third-order valence-corrected chi connectivity index (χ3v) is 20.6. The van der Waals surface area contributed by atoms with Crippen LogP contribution in [0.5, 0.6) is 0 Å². The van der Waals surface area contributed by atoms with Gasteiger partial charge in [0.05, 0.1) is 26.4 Å². The highest BCUT2D eigenvalue weighted by Gasteiger charge is 2.30. The summed E-state index contributed by atoms with van der Waals surface area (Å²) in [5.74, 6) is 0.978. The maximum Gasteiger partial charge on any atom is 0.472 e. The molecule has 0 aromatic heterocycles. The molecule has 5 unspecified atom stereocenters. The minimum absolute atomic E-state index is 0.106. The SMILES string of the molecule is CCC(C)CCCCCCCCCCCCCCCCC(=O)O[C@H](COC(=O)CCCCCCCCC(C)C)COP(=O)(O)OC[C@H](O)COP(=O)(O)OC[C@@H](COC(=O)CCCCCCCCC(C)CC)OC(=O)CCCCCCCCCCCCCCCCC(C)CC. The highest BCUT2D eigenvalue weighted by Crippen LogP contribution is 2.45. The van der Waals surface area contributed by atoms with Crippen molar-refractivity contribution >= 4 is 39.5 Å². The Hall–Kier alpha value is -1.94. The molecule has 0 aliphatic rings. The van der Waals surface area contributed by atoms with E-state index in [1.54, 1.807) is 0 Å². The van der Waals surface area contributed by atoms with Gasteiger partial charge in [0.1, 0.15) is 19.3 Å². The zero-order chi connectivity index (χ0) is 70.3. The summed E-state index contributed by atoms with van der Waals surface area (Å²) in [6.07, 6.45) is 50.0. The van der Waals surface area contributed by atoms with Crippen molar-refractivity contribution in [3.05, 3.63) is 0 Å². The van der Waals surface area contributed by atoms with Crippen molar-refractivity contribution in [1.82, 2.24) is 0 Å². The van der Waals surface area contributed by atoms with Gasteiger partial charge in [-0.15, -0.1) is 0 Å². The van der Waals surface area contributed by atoms with Gasteiger partial charge in [0, 0.05) is 25.7 Å². The van der Waals surface area contributed by atoms with Crippen molar-refractivity contribution in [3.8, 4) is 0 Å². The summed E-state index contributed by atoms with van der Waals surface area (Å²) < 4.78 is 68.5. The number of carbonyl (C=O) groups is 4. The largest absolute Gasteiger partial charge is 0.472 e. The molecule has 0 saturated carbocycles. The highest BCUT2D eigenvalue weighted by molar-refractivity contribution is 7.47. The van der Waals surface area contributed by atoms with Crippen LogP contribution in [0.15, 0.2) is 0 Å². The minimum atomic E-state index is -4.96. The summed E-state index contributed by atoms with van der Waals surface area (Å²) in [7, 11) is -9.91. The zero-order valence-corrected chi connectivity index (χ0v) is 64.1. The van der Waals surface area contributed by atoms with E-state index in [0.717, 1.165) is 120 Å². The molecule has 0 aliphatic heterocycles. The molecule has 0 rings (SSSR count). The predicted octanol–water partition coefficient (Wildman–Crippen LogP) is 22.0. The summed E-state index contributed by atoms with van der Waals surface area (Å²) in [6.45, 7) is 14.2. The first kappa shape index (κ1) is 93.1. The van der Waals surface area contributed by atoms with Crippen LogP contribution in [0.1, 0.15) is 383 Å². The van der Waals surface area contributed by atoms with Crippen LogP contribution in [0.3, 0.4) is 0 Å². The number of ether oxygens (including phenoxy) is 4. The van der Waals surface area contributed by atoms with Gasteiger partial charge in [-0.2, -0.15) is 0 Å². The molecule has 0 aliphatic carbocycles. The smallest absolute Gasteiger partial charge is 0.462 e. The van der Waals surface area contributed by atoms with Gasteiger partial charge in [0.15, 0.2) is 12.2 Å². The van der Waals surface area contributed by atoms with Gasteiger partial charge >= 0.3 is 39.5 Å². The van der Waals surface area contributed by atoms with Crippen molar-refractivity contribution in [2.24, 2.45) is 23.7 Å². The lowest BCUT2D eigenvalue weighted by Crippen LogP contribution is -2.30. The van der Waals surface area contributed by atoms with Gasteiger partial charge in [-0.1, -0.05) is 331 Å². The Morgan fingerprint density at radius 2 is 0.505 bits per heavy atom. The molecule has 0 heterocycles. The predicted molar refractivity (Wildman–Crippen MR) is 386 cm³/mol. The Morgan fingerprint density at radius 1 is 0.295 bits per heavy atom. The number of esters is 4. The third kappa shape index (κ3) is 66.4. The van der Waals surface area contributed by atoms with E-state index < -0.39 is 97.5 Å². The van der Waals surface area contributed by atoms with Crippen molar-refractivity contribution in [3.63, 3.8) is 0 Å². The number of phosphoric ester groups is 2. The first-order valence-corrected chi connectivity index (χ1v) is 42.3. The summed E-state index contributed by atoms with van der Waals surface area (Å²) in [6, 6.07) is 0. The van der Waals surface area contributed by atoms with Crippen LogP contribution in [-0.2, 0) is 65.4 Å². The van der Waals surface area contributed by atoms with Crippen LogP contribution >= 0.6 is 15.6 Å². The molecule has 0 saturated heterocycles. The van der Waals surface area contributed by atoms with Crippen LogP contribution in [0.4, 0.5) is 0 Å². The molecule has 0 aromatic rings. The number of phosphoric acid groups is 2. The number of carbonyl (C=O) groups excluding carboxylic acids is 4. The number of hydrogen-bond acceptors (Lipinski definition) is 15. The summed E-state index contributed by atoms with van der Waals surface area (Å²) in [5, 5.41) is 10.6. The fourth-order valence-electron chi connectivity index (χ4n) is 11.5. The molecule has 0 aromatic carbocycles. The quantitative estimate of drug-likeness (QED) is 0.0222. The maximum absolute atomic E-state index is 13.1. The van der Waals surface area contributed by atoms with Crippen molar-refractivity contribution in [2.75, 3.05) is 39.6 Å². The second kappa shape index (κ2) is 65.4. The molecule has 0 amide bonds. The fraction of sp³-hybridized carbons (Fsp3) is 0.947. The molecule has 0 radical (unpaired) electrons. The summed E-state index contributed by atoms with van der Waals surface area (Å²) >= 11 is 0. The number of rotatable bonds is 73. The van der Waals surface area contributed by atoms with Crippen molar-refractivity contribution in [1.29, 1.82) is 0 Å². The van der Waals surface area contributed by atoms with Crippen LogP contribution in [0.2, 0.25) is 0 Å². The molecule has 8 atom stereocenters. The van der Waals surface area contributed by atoms with Gasteiger partial charge in [-0.3, -0.25) is 37.3 Å². The lowest BCUT2D eigenvalue weighted by molar-refractivity contribution is -0.161. The van der Waals surface area contributed by atoms with E-state index in [-0.39, 0.29) is 25.7 Å². The molecule has 95 heavy (non-hydrogen) atoms. The average molecular weight is 1400 g/mol. The van der Waals surface area contributed by atoms with Crippen LogP contribution in [0.25, 0.3) is 0 Å². The van der Waals surface area contributed by atoms with E-state index in [1.165, 1.54) is 173 Å². The molecule has 3 N–H and O–H groups in total. The van der Waals surface area contributed by atoms with Crippen LogP contribution in [0, 0.1) is 23.7 Å². The zero-order valence-electron chi connectivity index (χ0n) is 62.3. The van der Waals surface area contributed by atoms with E-state index >= 15 is 0 Å². The van der Waals surface area contributed by atoms with Crippen molar-refractivity contribution in [2.45, 2.75) is 401 Å². The number of unbranched alkanes of at least 4 members (excludes halogenated alkanes) is 36. The molecular formula is C76H148O17P2. The first-order valence-electron chi connectivity index (χ1n) is 39.3. The van der Waals surface area contributed by atoms with Gasteiger partial charge in [0.2, 0.25) is 0 Å². The van der Waals surface area contributed by atoms with Gasteiger partial charge in [-0.25, -0.2) is 9.13 Å².